The molecule has 3 aromatic rings. The number of halogens is 2. The molecule has 178 valence electrons. The Hall–Kier alpha value is -3.02. The van der Waals surface area contributed by atoms with Gasteiger partial charge in [0.05, 0.1) is 19.7 Å². The van der Waals surface area contributed by atoms with Gasteiger partial charge in [-0.1, -0.05) is 74.3 Å². The Morgan fingerprint density at radius 1 is 1.00 bits per heavy atom. The molecule has 0 atom stereocenters. The molecule has 1 N–H and O–H groups in total. The molecule has 0 aliphatic heterocycles. The van der Waals surface area contributed by atoms with Crippen molar-refractivity contribution >= 4 is 35.3 Å². The largest absolute Gasteiger partial charge is 0.493 e. The van der Waals surface area contributed by atoms with E-state index in [1.807, 2.05) is 24.3 Å². The average molecular weight is 499 g/mol. The maximum absolute atomic E-state index is 12.2. The topological polar surface area (TPSA) is 59.9 Å². The number of methoxy groups -OCH3 is 1. The van der Waals surface area contributed by atoms with Gasteiger partial charge in [0.2, 0.25) is 5.91 Å². The Bertz CT molecular complexity index is 1170. The highest BCUT2D eigenvalue weighted by atomic mass is 35.5. The third kappa shape index (κ3) is 7.24. The van der Waals surface area contributed by atoms with Gasteiger partial charge in [-0.3, -0.25) is 4.79 Å². The van der Waals surface area contributed by atoms with E-state index >= 15 is 0 Å². The zero-order valence-electron chi connectivity index (χ0n) is 19.7. The highest BCUT2D eigenvalue weighted by molar-refractivity contribution is 6.35. The van der Waals surface area contributed by atoms with Crippen LogP contribution in [0.25, 0.3) is 0 Å². The van der Waals surface area contributed by atoms with Crippen LogP contribution in [-0.2, 0) is 23.2 Å². The van der Waals surface area contributed by atoms with Crippen LogP contribution in [0.5, 0.6) is 11.5 Å². The number of nitrogens with zero attached hydrogens (tertiary/aromatic N) is 1. The van der Waals surface area contributed by atoms with E-state index < -0.39 is 0 Å². The number of hydrazone groups is 1. The molecule has 0 aliphatic carbocycles. The SMILES string of the molecule is COc1cc(/C=N\NC(=O)Cc2ccc(C(C)(C)C)cc2)ccc1OCc1ccc(Cl)cc1Cl. The van der Waals surface area contributed by atoms with Crippen molar-refractivity contribution in [3.63, 3.8) is 0 Å². The summed E-state index contributed by atoms with van der Waals surface area (Å²) >= 11 is 12.1. The summed E-state index contributed by atoms with van der Waals surface area (Å²) in [5.74, 6) is 0.916. The second-order valence-corrected chi connectivity index (χ2v) is 9.70. The van der Waals surface area contributed by atoms with Crippen LogP contribution in [-0.4, -0.2) is 19.2 Å². The Morgan fingerprint density at radius 2 is 1.74 bits per heavy atom. The predicted octanol–water partition coefficient (Wildman–Crippen LogP) is 6.57. The lowest BCUT2D eigenvalue weighted by atomic mass is 9.86. The van der Waals surface area contributed by atoms with Crippen LogP contribution in [0.15, 0.2) is 65.8 Å². The Morgan fingerprint density at radius 3 is 2.38 bits per heavy atom. The van der Waals surface area contributed by atoms with Gasteiger partial charge < -0.3 is 9.47 Å². The Kier molecular flexibility index (Phi) is 8.59. The van der Waals surface area contributed by atoms with Gasteiger partial charge in [-0.15, -0.1) is 0 Å². The highest BCUT2D eigenvalue weighted by Crippen LogP contribution is 2.30. The Balaban J connectivity index is 1.56. The molecule has 3 aromatic carbocycles. The predicted molar refractivity (Wildman–Crippen MR) is 138 cm³/mol. The van der Waals surface area contributed by atoms with Gasteiger partial charge in [-0.25, -0.2) is 5.43 Å². The average Bonchev–Trinajstić information content (AvgIpc) is 2.78. The number of ether oxygens (including phenoxy) is 2. The van der Waals surface area contributed by atoms with Crippen LogP contribution in [0, 0.1) is 0 Å². The summed E-state index contributed by atoms with van der Waals surface area (Å²) in [6, 6.07) is 18.7. The van der Waals surface area contributed by atoms with E-state index in [9.17, 15) is 4.79 Å². The van der Waals surface area contributed by atoms with E-state index in [0.29, 0.717) is 21.5 Å². The molecule has 0 saturated heterocycles. The first kappa shape index (κ1) is 25.6. The van der Waals surface area contributed by atoms with Crippen molar-refractivity contribution < 1.29 is 14.3 Å². The number of hydrogen-bond acceptors (Lipinski definition) is 4. The molecule has 3 rings (SSSR count). The summed E-state index contributed by atoms with van der Waals surface area (Å²) in [6.07, 6.45) is 1.81. The number of rotatable bonds is 8. The van der Waals surface area contributed by atoms with Gasteiger partial charge in [0.1, 0.15) is 6.61 Å². The molecular weight excluding hydrogens is 471 g/mol. The minimum atomic E-state index is -0.188. The lowest BCUT2D eigenvalue weighted by Gasteiger charge is -2.19. The second kappa shape index (κ2) is 11.4. The molecule has 5 nitrogen and oxygen atoms in total. The number of hydrogen-bond donors (Lipinski definition) is 1. The van der Waals surface area contributed by atoms with Gasteiger partial charge in [-0.05, 0) is 52.4 Å². The third-order valence-corrected chi connectivity index (χ3v) is 5.76. The molecule has 0 fully saturated rings. The fraction of sp³-hybridized carbons (Fsp3) is 0.259. The number of carbonyl (C=O) groups excluding carboxylic acids is 1. The van der Waals surface area contributed by atoms with E-state index in [2.05, 4.69) is 43.4 Å². The molecule has 0 radical (unpaired) electrons. The van der Waals surface area contributed by atoms with Crippen molar-refractivity contribution in [3.8, 4) is 11.5 Å². The first-order valence-electron chi connectivity index (χ1n) is 10.8. The molecular formula is C27H28Cl2N2O3. The van der Waals surface area contributed by atoms with E-state index in [-0.39, 0.29) is 24.3 Å². The quantitative estimate of drug-likeness (QED) is 0.282. The number of benzene rings is 3. The normalized spacial score (nSPS) is 11.5. The van der Waals surface area contributed by atoms with E-state index in [1.165, 1.54) is 5.56 Å². The minimum Gasteiger partial charge on any atom is -0.493 e. The fourth-order valence-corrected chi connectivity index (χ4v) is 3.67. The summed E-state index contributed by atoms with van der Waals surface area (Å²) in [4.78, 5) is 12.2. The third-order valence-electron chi connectivity index (χ3n) is 5.17. The van der Waals surface area contributed by atoms with Gasteiger partial charge >= 0.3 is 0 Å². The zero-order valence-corrected chi connectivity index (χ0v) is 21.2. The summed E-state index contributed by atoms with van der Waals surface area (Å²) in [7, 11) is 1.56. The lowest BCUT2D eigenvalue weighted by molar-refractivity contribution is -0.120. The number of nitrogens with one attached hydrogen (secondary N) is 1. The van der Waals surface area contributed by atoms with Gasteiger partial charge in [0, 0.05) is 15.6 Å². The summed E-state index contributed by atoms with van der Waals surface area (Å²) in [5.41, 5.74) is 6.38. The van der Waals surface area contributed by atoms with Crippen LogP contribution in [0.1, 0.15) is 43.0 Å². The highest BCUT2D eigenvalue weighted by Gasteiger charge is 2.13. The molecule has 1 amide bonds. The van der Waals surface area contributed by atoms with E-state index in [0.717, 1.165) is 16.7 Å². The molecule has 0 unspecified atom stereocenters. The monoisotopic (exact) mass is 498 g/mol. The fourth-order valence-electron chi connectivity index (χ4n) is 3.20. The van der Waals surface area contributed by atoms with Gasteiger partial charge in [-0.2, -0.15) is 5.10 Å². The molecule has 0 saturated carbocycles. The summed E-state index contributed by atoms with van der Waals surface area (Å²) in [6.45, 7) is 6.75. The first-order valence-corrected chi connectivity index (χ1v) is 11.6. The molecule has 0 aromatic heterocycles. The molecule has 0 spiro atoms. The maximum atomic E-state index is 12.2. The van der Waals surface area contributed by atoms with Crippen LogP contribution >= 0.6 is 23.2 Å². The zero-order chi connectivity index (χ0) is 24.7. The van der Waals surface area contributed by atoms with Crippen LogP contribution in [0.3, 0.4) is 0 Å². The van der Waals surface area contributed by atoms with Crippen molar-refractivity contribution in [3.05, 3.63) is 93.0 Å². The standard InChI is InChI=1S/C27H28Cl2N2O3/c1-27(2,3)21-9-5-18(6-10-21)14-26(32)31-30-16-19-7-12-24(25(13-19)33-4)34-17-20-8-11-22(28)15-23(20)29/h5-13,15-16H,14,17H2,1-4H3,(H,31,32)/b30-16-. The van der Waals surface area contributed by atoms with Crippen LogP contribution < -0.4 is 14.9 Å². The summed E-state index contributed by atoms with van der Waals surface area (Å²) < 4.78 is 11.3. The van der Waals surface area contributed by atoms with Crippen molar-refractivity contribution in [2.24, 2.45) is 5.10 Å². The van der Waals surface area contributed by atoms with Crippen LogP contribution in [0.2, 0.25) is 10.0 Å². The Labute approximate surface area is 210 Å². The lowest BCUT2D eigenvalue weighted by Crippen LogP contribution is -2.20. The van der Waals surface area contributed by atoms with Gasteiger partial charge in [0.25, 0.3) is 0 Å². The van der Waals surface area contributed by atoms with Crippen LogP contribution in [0.4, 0.5) is 0 Å². The maximum Gasteiger partial charge on any atom is 0.244 e. The number of amides is 1. The van der Waals surface area contributed by atoms with Crippen molar-refractivity contribution in [1.29, 1.82) is 0 Å². The van der Waals surface area contributed by atoms with Crippen molar-refractivity contribution in [2.45, 2.75) is 39.2 Å². The molecule has 34 heavy (non-hydrogen) atoms. The molecule has 0 aliphatic rings. The molecule has 7 heteroatoms. The minimum absolute atomic E-state index is 0.0790. The smallest absolute Gasteiger partial charge is 0.244 e. The van der Waals surface area contributed by atoms with Gasteiger partial charge in [0.15, 0.2) is 11.5 Å². The van der Waals surface area contributed by atoms with Crippen molar-refractivity contribution in [1.82, 2.24) is 5.43 Å². The molecule has 0 bridgehead atoms. The van der Waals surface area contributed by atoms with E-state index in [4.69, 9.17) is 32.7 Å². The molecule has 0 heterocycles. The first-order chi connectivity index (χ1) is 16.2. The second-order valence-electron chi connectivity index (χ2n) is 8.85. The number of carbonyl (C=O) groups is 1. The van der Waals surface area contributed by atoms with Crippen molar-refractivity contribution in [2.75, 3.05) is 7.11 Å². The van der Waals surface area contributed by atoms with E-state index in [1.54, 1.807) is 37.6 Å². The summed E-state index contributed by atoms with van der Waals surface area (Å²) in [5, 5.41) is 5.17.